The van der Waals surface area contributed by atoms with Crippen molar-refractivity contribution in [3.8, 4) is 0 Å². The largest absolute Gasteiger partial charge is 0.367 e. The third kappa shape index (κ3) is 5.17. The van der Waals surface area contributed by atoms with E-state index in [1.165, 1.54) is 18.2 Å². The highest BCUT2D eigenvalue weighted by atomic mass is 35.5. The van der Waals surface area contributed by atoms with Crippen LogP contribution in [0.25, 0.3) is 0 Å². The number of amides is 1. The van der Waals surface area contributed by atoms with Crippen molar-refractivity contribution in [1.82, 2.24) is 10.2 Å². The first-order chi connectivity index (χ1) is 13.0. The second kappa shape index (κ2) is 9.15. The summed E-state index contributed by atoms with van der Waals surface area (Å²) < 4.78 is 26.9. The summed E-state index contributed by atoms with van der Waals surface area (Å²) in [6, 6.07) is 10.6. The predicted octanol–water partition coefficient (Wildman–Crippen LogP) is 3.56. The second-order valence-electron chi connectivity index (χ2n) is 6.51. The number of hydrogen-bond acceptors (Lipinski definition) is 3. The minimum Gasteiger partial charge on any atom is -0.367 e. The summed E-state index contributed by atoms with van der Waals surface area (Å²) in [5, 5.41) is 2.92. The van der Waals surface area contributed by atoms with E-state index in [-0.39, 0.29) is 22.3 Å². The highest BCUT2D eigenvalue weighted by Crippen LogP contribution is 2.20. The number of hydrogen-bond donors (Lipinski definition) is 1. The van der Waals surface area contributed by atoms with Crippen LogP contribution in [0, 0.1) is 11.6 Å². The molecule has 0 radical (unpaired) electrons. The molecule has 1 N–H and O–H groups in total. The molecule has 0 bridgehead atoms. The Kier molecular flexibility index (Phi) is 6.63. The van der Waals surface area contributed by atoms with Crippen LogP contribution in [-0.4, -0.2) is 50.1 Å². The molecule has 3 rings (SSSR count). The van der Waals surface area contributed by atoms with E-state index in [4.69, 9.17) is 11.6 Å². The second-order valence-corrected chi connectivity index (χ2v) is 6.92. The van der Waals surface area contributed by atoms with E-state index in [1.807, 2.05) is 6.07 Å². The number of nitrogens with zero attached hydrogens (tertiary/aromatic N) is 2. The molecule has 1 heterocycles. The molecule has 0 atom stereocenters. The normalized spacial score (nSPS) is 15.0. The molecule has 0 saturated carbocycles. The minimum absolute atomic E-state index is 0.108. The van der Waals surface area contributed by atoms with Crippen molar-refractivity contribution in [2.75, 3.05) is 44.2 Å². The molecule has 4 nitrogen and oxygen atoms in total. The number of piperazine rings is 1. The SMILES string of the molecule is O=C(NCCCN1CCN(c2ccccc2F)CC1)c1ccc(F)cc1Cl. The fraction of sp³-hybridized carbons (Fsp3) is 0.350. The van der Waals surface area contributed by atoms with Crippen LogP contribution in [-0.2, 0) is 0 Å². The van der Waals surface area contributed by atoms with Gasteiger partial charge in [0.1, 0.15) is 11.6 Å². The summed E-state index contributed by atoms with van der Waals surface area (Å²) in [5.41, 5.74) is 0.928. The van der Waals surface area contributed by atoms with Gasteiger partial charge >= 0.3 is 0 Å². The smallest absolute Gasteiger partial charge is 0.252 e. The van der Waals surface area contributed by atoms with E-state index in [2.05, 4.69) is 15.1 Å². The number of anilines is 1. The molecule has 0 aliphatic carbocycles. The zero-order valence-corrected chi connectivity index (χ0v) is 15.7. The lowest BCUT2D eigenvalue weighted by Crippen LogP contribution is -2.47. The van der Waals surface area contributed by atoms with Crippen molar-refractivity contribution in [3.05, 3.63) is 64.7 Å². The molecule has 1 saturated heterocycles. The van der Waals surface area contributed by atoms with Gasteiger partial charge in [0.05, 0.1) is 16.3 Å². The fourth-order valence-corrected chi connectivity index (χ4v) is 3.45. The number of para-hydroxylation sites is 1. The summed E-state index contributed by atoms with van der Waals surface area (Å²) in [6.45, 7) is 4.62. The van der Waals surface area contributed by atoms with E-state index >= 15 is 0 Å². The highest BCUT2D eigenvalue weighted by molar-refractivity contribution is 6.33. The zero-order valence-electron chi connectivity index (χ0n) is 14.9. The maximum Gasteiger partial charge on any atom is 0.252 e. The Morgan fingerprint density at radius 2 is 1.81 bits per heavy atom. The molecule has 0 aromatic heterocycles. The predicted molar refractivity (Wildman–Crippen MR) is 103 cm³/mol. The van der Waals surface area contributed by atoms with Gasteiger partial charge in [-0.25, -0.2) is 8.78 Å². The minimum atomic E-state index is -0.467. The molecule has 0 spiro atoms. The summed E-state index contributed by atoms with van der Waals surface area (Å²) in [4.78, 5) is 16.4. The molecule has 1 aliphatic heterocycles. The number of rotatable bonds is 6. The first-order valence-electron chi connectivity index (χ1n) is 8.99. The average Bonchev–Trinajstić information content (AvgIpc) is 2.66. The lowest BCUT2D eigenvalue weighted by atomic mass is 10.2. The van der Waals surface area contributed by atoms with Crippen molar-refractivity contribution < 1.29 is 13.6 Å². The monoisotopic (exact) mass is 393 g/mol. The van der Waals surface area contributed by atoms with Crippen LogP contribution < -0.4 is 10.2 Å². The van der Waals surface area contributed by atoms with Gasteiger partial charge in [-0.15, -0.1) is 0 Å². The molecule has 7 heteroatoms. The molecular weight excluding hydrogens is 372 g/mol. The molecule has 1 amide bonds. The first-order valence-corrected chi connectivity index (χ1v) is 9.37. The molecular formula is C20H22ClF2N3O. The number of nitrogens with one attached hydrogen (secondary N) is 1. The van der Waals surface area contributed by atoms with Crippen molar-refractivity contribution in [1.29, 1.82) is 0 Å². The van der Waals surface area contributed by atoms with Gasteiger partial charge < -0.3 is 10.2 Å². The Bertz CT molecular complexity index is 795. The van der Waals surface area contributed by atoms with E-state index in [9.17, 15) is 13.6 Å². The van der Waals surface area contributed by atoms with Crippen LogP contribution in [0.5, 0.6) is 0 Å². The number of benzene rings is 2. The van der Waals surface area contributed by atoms with Gasteiger partial charge in [0.25, 0.3) is 5.91 Å². The third-order valence-electron chi connectivity index (χ3n) is 4.68. The molecule has 1 fully saturated rings. The summed E-state index contributed by atoms with van der Waals surface area (Å²) in [5.74, 6) is -0.955. The van der Waals surface area contributed by atoms with E-state index in [0.717, 1.165) is 45.2 Å². The Hall–Kier alpha value is -2.18. The summed E-state index contributed by atoms with van der Waals surface area (Å²) in [7, 11) is 0. The molecule has 2 aromatic carbocycles. The summed E-state index contributed by atoms with van der Waals surface area (Å²) in [6.07, 6.45) is 0.796. The first kappa shape index (κ1) is 19.6. The van der Waals surface area contributed by atoms with Crippen LogP contribution in [0.15, 0.2) is 42.5 Å². The van der Waals surface area contributed by atoms with Gasteiger partial charge in [-0.1, -0.05) is 23.7 Å². The average molecular weight is 394 g/mol. The van der Waals surface area contributed by atoms with Gasteiger partial charge in [0, 0.05) is 32.7 Å². The van der Waals surface area contributed by atoms with Crippen LogP contribution in [0.2, 0.25) is 5.02 Å². The third-order valence-corrected chi connectivity index (χ3v) is 4.99. The summed E-state index contributed by atoms with van der Waals surface area (Å²) >= 11 is 5.89. The van der Waals surface area contributed by atoms with E-state index < -0.39 is 5.82 Å². The maximum absolute atomic E-state index is 13.9. The van der Waals surface area contributed by atoms with E-state index in [1.54, 1.807) is 12.1 Å². The van der Waals surface area contributed by atoms with Gasteiger partial charge in [-0.3, -0.25) is 9.69 Å². The Morgan fingerprint density at radius 1 is 1.07 bits per heavy atom. The fourth-order valence-electron chi connectivity index (χ4n) is 3.19. The Labute approximate surface area is 162 Å². The number of carbonyl (C=O) groups excluding carboxylic acids is 1. The van der Waals surface area contributed by atoms with Crippen LogP contribution in [0.1, 0.15) is 16.8 Å². The van der Waals surface area contributed by atoms with Gasteiger partial charge in [-0.05, 0) is 43.3 Å². The van der Waals surface area contributed by atoms with Crippen molar-refractivity contribution in [2.45, 2.75) is 6.42 Å². The van der Waals surface area contributed by atoms with Crippen molar-refractivity contribution in [2.24, 2.45) is 0 Å². The van der Waals surface area contributed by atoms with Gasteiger partial charge in [0.2, 0.25) is 0 Å². The lowest BCUT2D eigenvalue weighted by molar-refractivity contribution is 0.0951. The van der Waals surface area contributed by atoms with Crippen LogP contribution in [0.4, 0.5) is 14.5 Å². The number of halogens is 3. The van der Waals surface area contributed by atoms with Crippen LogP contribution >= 0.6 is 11.6 Å². The zero-order chi connectivity index (χ0) is 19.2. The van der Waals surface area contributed by atoms with Crippen molar-refractivity contribution in [3.63, 3.8) is 0 Å². The topological polar surface area (TPSA) is 35.6 Å². The molecule has 2 aromatic rings. The molecule has 144 valence electrons. The highest BCUT2D eigenvalue weighted by Gasteiger charge is 2.19. The Balaban J connectivity index is 1.38. The molecule has 27 heavy (non-hydrogen) atoms. The quantitative estimate of drug-likeness (QED) is 0.762. The lowest BCUT2D eigenvalue weighted by Gasteiger charge is -2.36. The standard InChI is InChI=1S/C20H22ClF2N3O/c21-17-14-15(22)6-7-16(17)20(27)24-8-3-9-25-10-12-26(13-11-25)19-5-2-1-4-18(19)23/h1-2,4-7,14H,3,8-13H2,(H,24,27). The van der Waals surface area contributed by atoms with E-state index in [0.29, 0.717) is 12.2 Å². The maximum atomic E-state index is 13.9. The van der Waals surface area contributed by atoms with Crippen LogP contribution in [0.3, 0.4) is 0 Å². The Morgan fingerprint density at radius 3 is 2.52 bits per heavy atom. The molecule has 1 aliphatic rings. The van der Waals surface area contributed by atoms with Crippen molar-refractivity contribution >= 4 is 23.2 Å². The van der Waals surface area contributed by atoms with Gasteiger partial charge in [0.15, 0.2) is 0 Å². The number of carbonyl (C=O) groups is 1. The van der Waals surface area contributed by atoms with Gasteiger partial charge in [-0.2, -0.15) is 0 Å². The molecule has 0 unspecified atom stereocenters.